The van der Waals surface area contributed by atoms with Crippen molar-refractivity contribution in [3.05, 3.63) is 29.3 Å². The van der Waals surface area contributed by atoms with E-state index in [1.54, 1.807) is 0 Å². The van der Waals surface area contributed by atoms with Crippen LogP contribution in [0.5, 0.6) is 5.75 Å². The van der Waals surface area contributed by atoms with E-state index in [1.165, 1.54) is 18.4 Å². The van der Waals surface area contributed by atoms with Crippen LogP contribution >= 0.6 is 0 Å². The average molecular weight is 318 g/mol. The minimum atomic E-state index is -0.0395. The van der Waals surface area contributed by atoms with Gasteiger partial charge in [0.1, 0.15) is 5.75 Å². The molecule has 1 saturated heterocycles. The second-order valence-electron chi connectivity index (χ2n) is 6.70. The van der Waals surface area contributed by atoms with Gasteiger partial charge in [0.15, 0.2) is 6.61 Å². The van der Waals surface area contributed by atoms with Crippen molar-refractivity contribution in [1.82, 2.24) is 10.2 Å². The van der Waals surface area contributed by atoms with Crippen molar-refractivity contribution in [2.45, 2.75) is 52.5 Å². The third-order valence-electron chi connectivity index (χ3n) is 4.68. The molecule has 1 aliphatic rings. The molecule has 1 amide bonds. The lowest BCUT2D eigenvalue weighted by molar-refractivity contribution is -0.123. The van der Waals surface area contributed by atoms with Crippen molar-refractivity contribution in [2.75, 3.05) is 26.2 Å². The lowest BCUT2D eigenvalue weighted by atomic mass is 10.0. The predicted molar refractivity (Wildman–Crippen MR) is 94.0 cm³/mol. The van der Waals surface area contributed by atoms with E-state index in [0.717, 1.165) is 30.9 Å². The number of nitrogens with zero attached hydrogens (tertiary/aromatic N) is 1. The molecule has 1 aliphatic heterocycles. The van der Waals surface area contributed by atoms with Crippen molar-refractivity contribution in [1.29, 1.82) is 0 Å². The number of aryl methyl sites for hydroxylation is 1. The van der Waals surface area contributed by atoms with Crippen molar-refractivity contribution < 1.29 is 9.53 Å². The number of amides is 1. The number of carbonyl (C=O) groups is 1. The lowest BCUT2D eigenvalue weighted by Gasteiger charge is -2.22. The maximum Gasteiger partial charge on any atom is 0.257 e. The number of likely N-dealkylation sites (N-methyl/N-ethyl adjacent to an activating group) is 1. The number of likely N-dealkylation sites (tertiary alicyclic amines) is 1. The van der Waals surface area contributed by atoms with E-state index in [-0.39, 0.29) is 12.5 Å². The van der Waals surface area contributed by atoms with Gasteiger partial charge in [-0.25, -0.2) is 0 Å². The molecule has 0 saturated carbocycles. The summed E-state index contributed by atoms with van der Waals surface area (Å²) in [5.74, 6) is 1.22. The van der Waals surface area contributed by atoms with E-state index < -0.39 is 0 Å². The number of hydrogen-bond acceptors (Lipinski definition) is 3. The molecular formula is C19H30N2O2. The smallest absolute Gasteiger partial charge is 0.257 e. The van der Waals surface area contributed by atoms with Crippen molar-refractivity contribution in [2.24, 2.45) is 0 Å². The van der Waals surface area contributed by atoms with Gasteiger partial charge < -0.3 is 10.1 Å². The molecule has 2 rings (SSSR count). The first-order valence-corrected chi connectivity index (χ1v) is 8.75. The van der Waals surface area contributed by atoms with Gasteiger partial charge in [0.05, 0.1) is 0 Å². The Kier molecular flexibility index (Phi) is 6.46. The van der Waals surface area contributed by atoms with Crippen LogP contribution in [-0.2, 0) is 4.79 Å². The summed E-state index contributed by atoms with van der Waals surface area (Å²) in [5.41, 5.74) is 2.30. The normalized spacial score (nSPS) is 18.4. The molecule has 0 aromatic heterocycles. The standard InChI is InChI=1S/C19H30N2O2/c1-5-21-10-6-7-17(21)12-20-19(22)13-23-18-11-16(14(2)3)9-8-15(18)4/h8-9,11,14,17H,5-7,10,12-13H2,1-4H3,(H,20,22). The van der Waals surface area contributed by atoms with Gasteiger partial charge in [-0.15, -0.1) is 0 Å². The number of benzene rings is 1. The molecule has 1 N–H and O–H groups in total. The second kappa shape index (κ2) is 8.34. The van der Waals surface area contributed by atoms with Gasteiger partial charge in [0.25, 0.3) is 5.91 Å². The largest absolute Gasteiger partial charge is 0.483 e. The molecule has 4 heteroatoms. The Hall–Kier alpha value is -1.55. The monoisotopic (exact) mass is 318 g/mol. The Morgan fingerprint density at radius 2 is 2.22 bits per heavy atom. The number of carbonyl (C=O) groups excluding carboxylic acids is 1. The SMILES string of the molecule is CCN1CCCC1CNC(=O)COc1cc(C(C)C)ccc1C. The van der Waals surface area contributed by atoms with E-state index in [4.69, 9.17) is 4.74 Å². The highest BCUT2D eigenvalue weighted by atomic mass is 16.5. The van der Waals surface area contributed by atoms with Crippen LogP contribution in [0.4, 0.5) is 0 Å². The van der Waals surface area contributed by atoms with Gasteiger partial charge in [0.2, 0.25) is 0 Å². The highest BCUT2D eigenvalue weighted by molar-refractivity contribution is 5.77. The maximum atomic E-state index is 12.0. The fourth-order valence-corrected chi connectivity index (χ4v) is 3.10. The van der Waals surface area contributed by atoms with Gasteiger partial charge >= 0.3 is 0 Å². The van der Waals surface area contributed by atoms with Gasteiger partial charge in [0, 0.05) is 12.6 Å². The first kappa shape index (κ1) is 17.8. The first-order chi connectivity index (χ1) is 11.0. The van der Waals surface area contributed by atoms with Crippen LogP contribution in [0.25, 0.3) is 0 Å². The Labute approximate surface area is 140 Å². The highest BCUT2D eigenvalue weighted by Crippen LogP contribution is 2.24. The fraction of sp³-hybridized carbons (Fsp3) is 0.632. The average Bonchev–Trinajstić information content (AvgIpc) is 2.99. The third kappa shape index (κ3) is 4.96. The van der Waals surface area contributed by atoms with Crippen molar-refractivity contribution >= 4 is 5.91 Å². The van der Waals surface area contributed by atoms with Crippen LogP contribution in [0.2, 0.25) is 0 Å². The molecule has 1 aromatic rings. The van der Waals surface area contributed by atoms with E-state index in [1.807, 2.05) is 13.0 Å². The zero-order valence-electron chi connectivity index (χ0n) is 14.9. The zero-order valence-corrected chi connectivity index (χ0v) is 14.9. The predicted octanol–water partition coefficient (Wildman–Crippen LogP) is 3.10. The number of rotatable bonds is 7. The second-order valence-corrected chi connectivity index (χ2v) is 6.70. The molecule has 0 aliphatic carbocycles. The molecule has 23 heavy (non-hydrogen) atoms. The van der Waals surface area contributed by atoms with Gasteiger partial charge in [-0.1, -0.05) is 32.9 Å². The maximum absolute atomic E-state index is 12.0. The quantitative estimate of drug-likeness (QED) is 0.840. The molecule has 1 fully saturated rings. The molecule has 1 unspecified atom stereocenters. The summed E-state index contributed by atoms with van der Waals surface area (Å²) in [4.78, 5) is 14.5. The summed E-state index contributed by atoms with van der Waals surface area (Å²) in [6.45, 7) is 11.5. The zero-order chi connectivity index (χ0) is 16.8. The fourth-order valence-electron chi connectivity index (χ4n) is 3.10. The van der Waals surface area contributed by atoms with Crippen molar-refractivity contribution in [3.63, 3.8) is 0 Å². The van der Waals surface area contributed by atoms with E-state index >= 15 is 0 Å². The van der Waals surface area contributed by atoms with Crippen LogP contribution in [0.1, 0.15) is 50.7 Å². The molecule has 1 heterocycles. The Balaban J connectivity index is 1.81. The van der Waals surface area contributed by atoms with Crippen LogP contribution in [0, 0.1) is 6.92 Å². The summed E-state index contributed by atoms with van der Waals surface area (Å²) in [7, 11) is 0. The van der Waals surface area contributed by atoms with Crippen LogP contribution < -0.4 is 10.1 Å². The van der Waals surface area contributed by atoms with Crippen LogP contribution in [-0.4, -0.2) is 43.1 Å². The lowest BCUT2D eigenvalue weighted by Crippen LogP contribution is -2.41. The third-order valence-corrected chi connectivity index (χ3v) is 4.68. The van der Waals surface area contributed by atoms with E-state index in [2.05, 4.69) is 43.1 Å². The molecule has 1 atom stereocenters. The van der Waals surface area contributed by atoms with Crippen LogP contribution in [0.3, 0.4) is 0 Å². The topological polar surface area (TPSA) is 41.6 Å². The number of hydrogen-bond donors (Lipinski definition) is 1. The highest BCUT2D eigenvalue weighted by Gasteiger charge is 2.23. The van der Waals surface area contributed by atoms with Gasteiger partial charge in [-0.05, 0) is 56.0 Å². The summed E-state index contributed by atoms with van der Waals surface area (Å²) in [6, 6.07) is 6.70. The summed E-state index contributed by atoms with van der Waals surface area (Å²) in [6.07, 6.45) is 2.40. The Bertz CT molecular complexity index is 528. The van der Waals surface area contributed by atoms with Crippen LogP contribution in [0.15, 0.2) is 18.2 Å². The molecule has 128 valence electrons. The first-order valence-electron chi connectivity index (χ1n) is 8.75. The molecule has 0 radical (unpaired) electrons. The molecule has 1 aromatic carbocycles. The minimum absolute atomic E-state index is 0.0395. The van der Waals surface area contributed by atoms with Gasteiger partial charge in [-0.3, -0.25) is 9.69 Å². The summed E-state index contributed by atoms with van der Waals surface area (Å²) in [5, 5.41) is 3.01. The molecule has 4 nitrogen and oxygen atoms in total. The number of ether oxygens (including phenoxy) is 1. The van der Waals surface area contributed by atoms with E-state index in [9.17, 15) is 4.79 Å². The summed E-state index contributed by atoms with van der Waals surface area (Å²) >= 11 is 0. The molecule has 0 spiro atoms. The molecular weight excluding hydrogens is 288 g/mol. The van der Waals surface area contributed by atoms with Gasteiger partial charge in [-0.2, -0.15) is 0 Å². The van der Waals surface area contributed by atoms with Crippen molar-refractivity contribution in [3.8, 4) is 5.75 Å². The minimum Gasteiger partial charge on any atom is -0.483 e. The van der Waals surface area contributed by atoms with E-state index in [0.29, 0.717) is 12.0 Å². The number of nitrogens with one attached hydrogen (secondary N) is 1. The Morgan fingerprint density at radius 1 is 1.43 bits per heavy atom. The Morgan fingerprint density at radius 3 is 2.91 bits per heavy atom. The summed E-state index contributed by atoms with van der Waals surface area (Å²) < 4.78 is 5.73. The molecule has 0 bridgehead atoms.